The summed E-state index contributed by atoms with van der Waals surface area (Å²) in [7, 11) is 0. The van der Waals surface area contributed by atoms with Crippen molar-refractivity contribution in [2.24, 2.45) is 23.0 Å². The molecule has 2 aliphatic rings. The van der Waals surface area contributed by atoms with E-state index in [1.807, 2.05) is 6.92 Å². The van der Waals surface area contributed by atoms with E-state index < -0.39 is 11.9 Å². The van der Waals surface area contributed by atoms with E-state index in [4.69, 9.17) is 5.73 Å². The lowest BCUT2D eigenvalue weighted by Gasteiger charge is -2.28. The highest BCUT2D eigenvalue weighted by molar-refractivity contribution is 8.00. The van der Waals surface area contributed by atoms with Crippen LogP contribution in [0.3, 0.4) is 0 Å². The molecule has 0 spiro atoms. The Labute approximate surface area is 260 Å². The third-order valence-corrected chi connectivity index (χ3v) is 10.6. The van der Waals surface area contributed by atoms with Gasteiger partial charge in [0, 0.05) is 30.8 Å². The summed E-state index contributed by atoms with van der Waals surface area (Å²) in [5, 5.41) is 2.93. The van der Waals surface area contributed by atoms with Crippen LogP contribution in [0.1, 0.15) is 143 Å². The van der Waals surface area contributed by atoms with Gasteiger partial charge in [-0.25, -0.2) is 0 Å². The van der Waals surface area contributed by atoms with Gasteiger partial charge < -0.3 is 16.0 Å². The molecule has 1 heterocycles. The van der Waals surface area contributed by atoms with Crippen LogP contribution in [0, 0.1) is 17.3 Å². The van der Waals surface area contributed by atoms with Crippen molar-refractivity contribution >= 4 is 35.3 Å². The Morgan fingerprint density at radius 3 is 2.02 bits per heavy atom. The number of hydrogen-bond acceptors (Lipinski definition) is 5. The van der Waals surface area contributed by atoms with Gasteiger partial charge >= 0.3 is 0 Å². The minimum atomic E-state index is -0.581. The number of carbonyl (C=O) groups excluding carboxylic acids is 4. The Morgan fingerprint density at radius 1 is 0.905 bits per heavy atom. The first-order valence-corrected chi connectivity index (χ1v) is 18.3. The number of carbonyl (C=O) groups is 4. The monoisotopic (exact) mass is 607 g/mol. The van der Waals surface area contributed by atoms with Gasteiger partial charge in [-0.15, -0.1) is 11.8 Å². The molecule has 4 unspecified atom stereocenters. The summed E-state index contributed by atoms with van der Waals surface area (Å²) >= 11 is 1.40. The van der Waals surface area contributed by atoms with Crippen molar-refractivity contribution in [3.8, 4) is 0 Å². The largest absolute Gasteiger partial charge is 0.368 e. The van der Waals surface area contributed by atoms with E-state index in [1.54, 1.807) is 4.90 Å². The van der Waals surface area contributed by atoms with Crippen LogP contribution in [0.2, 0.25) is 0 Å². The number of ketones is 1. The zero-order valence-electron chi connectivity index (χ0n) is 27.1. The lowest BCUT2D eigenvalue weighted by molar-refractivity contribution is -0.136. The predicted octanol–water partition coefficient (Wildman–Crippen LogP) is 6.81. The second-order valence-electron chi connectivity index (χ2n) is 13.3. The summed E-state index contributed by atoms with van der Waals surface area (Å²) in [6.45, 7) is 7.15. The summed E-state index contributed by atoms with van der Waals surface area (Å²) in [6, 6.07) is -0.581. The molecular weight excluding hydrogens is 546 g/mol. The maximum Gasteiger partial charge on any atom is 0.240 e. The summed E-state index contributed by atoms with van der Waals surface area (Å²) in [5.74, 6) is 1.09. The van der Waals surface area contributed by atoms with Crippen LogP contribution >= 0.6 is 11.8 Å². The fourth-order valence-corrected chi connectivity index (χ4v) is 7.84. The topological polar surface area (TPSA) is 110 Å². The van der Waals surface area contributed by atoms with E-state index in [0.717, 1.165) is 31.6 Å². The third-order valence-electron chi connectivity index (χ3n) is 9.69. The average Bonchev–Trinajstić information content (AvgIpc) is 3.32. The maximum atomic E-state index is 13.5. The lowest BCUT2D eigenvalue weighted by atomic mass is 9.76. The molecule has 2 rings (SSSR count). The molecular formula is C34H61N3O4S. The average molecular weight is 608 g/mol. The van der Waals surface area contributed by atoms with E-state index in [-0.39, 0.29) is 34.7 Å². The van der Waals surface area contributed by atoms with E-state index in [9.17, 15) is 19.2 Å². The van der Waals surface area contributed by atoms with Gasteiger partial charge in [0.1, 0.15) is 11.8 Å². The van der Waals surface area contributed by atoms with Crippen molar-refractivity contribution in [3.05, 3.63) is 0 Å². The van der Waals surface area contributed by atoms with Crippen molar-refractivity contribution in [1.29, 1.82) is 0 Å². The molecule has 1 aliphatic heterocycles. The molecule has 2 fully saturated rings. The van der Waals surface area contributed by atoms with E-state index >= 15 is 0 Å². The fourth-order valence-electron chi connectivity index (χ4n) is 6.92. The molecule has 3 N–H and O–H groups in total. The van der Waals surface area contributed by atoms with Crippen LogP contribution in [0.4, 0.5) is 0 Å². The molecule has 0 radical (unpaired) electrons. The minimum absolute atomic E-state index is 0.0271. The summed E-state index contributed by atoms with van der Waals surface area (Å²) in [4.78, 5) is 51.6. The lowest BCUT2D eigenvalue weighted by Crippen LogP contribution is -2.45. The maximum absolute atomic E-state index is 13.5. The Bertz CT molecular complexity index is 838. The highest BCUT2D eigenvalue weighted by atomic mass is 32.2. The number of nitrogens with one attached hydrogen (secondary N) is 1. The van der Waals surface area contributed by atoms with Crippen LogP contribution in [-0.4, -0.2) is 59.0 Å². The van der Waals surface area contributed by atoms with Crippen LogP contribution in [0.25, 0.3) is 0 Å². The molecule has 3 amide bonds. The molecule has 0 aromatic rings. The quantitative estimate of drug-likeness (QED) is 0.253. The predicted molar refractivity (Wildman–Crippen MR) is 174 cm³/mol. The normalized spacial score (nSPS) is 26.4. The van der Waals surface area contributed by atoms with Crippen LogP contribution in [0.15, 0.2) is 0 Å². The van der Waals surface area contributed by atoms with Gasteiger partial charge in [0.25, 0.3) is 0 Å². The van der Waals surface area contributed by atoms with Gasteiger partial charge in [-0.05, 0) is 25.2 Å². The molecule has 0 aromatic heterocycles. The summed E-state index contributed by atoms with van der Waals surface area (Å²) in [6.07, 6.45) is 22.0. The van der Waals surface area contributed by atoms with E-state index in [0.29, 0.717) is 31.7 Å². The van der Waals surface area contributed by atoms with Gasteiger partial charge in [-0.1, -0.05) is 117 Å². The zero-order chi connectivity index (χ0) is 30.8. The van der Waals surface area contributed by atoms with E-state index in [1.165, 1.54) is 95.2 Å². The molecule has 1 aliphatic carbocycles. The SMILES string of the molecule is CCCC1CCCCCCCCCC(C)(C(=O)CSCC(=O)NCC2CC(=O)N(C(CC)C(N)=O)C2)CCCCCC1. The number of Topliss-reactive ketones (excluding diaryl/α,β-unsaturated/α-hetero) is 1. The van der Waals surface area contributed by atoms with Crippen molar-refractivity contribution in [1.82, 2.24) is 10.2 Å². The van der Waals surface area contributed by atoms with Gasteiger partial charge in [-0.2, -0.15) is 0 Å². The van der Waals surface area contributed by atoms with Gasteiger partial charge in [0.2, 0.25) is 17.7 Å². The number of likely N-dealkylation sites (tertiary alicyclic amines) is 1. The zero-order valence-corrected chi connectivity index (χ0v) is 27.9. The number of amides is 3. The van der Waals surface area contributed by atoms with Gasteiger partial charge in [0.05, 0.1) is 11.5 Å². The molecule has 42 heavy (non-hydrogen) atoms. The first kappa shape index (κ1) is 36.6. The van der Waals surface area contributed by atoms with Crippen molar-refractivity contribution < 1.29 is 19.2 Å². The van der Waals surface area contributed by atoms with Crippen molar-refractivity contribution in [3.63, 3.8) is 0 Å². The van der Waals surface area contributed by atoms with Crippen LogP contribution in [0.5, 0.6) is 0 Å². The van der Waals surface area contributed by atoms with Crippen molar-refractivity contribution in [2.75, 3.05) is 24.6 Å². The molecule has 7 nitrogen and oxygen atoms in total. The summed E-state index contributed by atoms with van der Waals surface area (Å²) in [5.41, 5.74) is 5.15. The van der Waals surface area contributed by atoms with Gasteiger partial charge in [-0.3, -0.25) is 19.2 Å². The second-order valence-corrected chi connectivity index (χ2v) is 14.3. The Balaban J connectivity index is 1.77. The number of nitrogens with zero attached hydrogens (tertiary/aromatic N) is 1. The smallest absolute Gasteiger partial charge is 0.240 e. The highest BCUT2D eigenvalue weighted by Gasteiger charge is 2.36. The molecule has 4 atom stereocenters. The van der Waals surface area contributed by atoms with Gasteiger partial charge in [0.15, 0.2) is 0 Å². The number of thioether (sulfide) groups is 1. The molecule has 0 aromatic carbocycles. The Hall–Kier alpha value is -1.57. The fraction of sp³-hybridized carbons (Fsp3) is 0.882. The summed E-state index contributed by atoms with van der Waals surface area (Å²) < 4.78 is 0. The number of rotatable bonds is 12. The second kappa shape index (κ2) is 20.4. The molecule has 242 valence electrons. The number of primary amides is 1. The molecule has 1 saturated heterocycles. The molecule has 0 bridgehead atoms. The number of nitrogens with two attached hydrogens (primary N) is 1. The molecule has 8 heteroatoms. The first-order valence-electron chi connectivity index (χ1n) is 17.2. The molecule has 1 saturated carbocycles. The Kier molecular flexibility index (Phi) is 17.8. The van der Waals surface area contributed by atoms with Crippen LogP contribution in [-0.2, 0) is 19.2 Å². The third kappa shape index (κ3) is 13.4. The Morgan fingerprint density at radius 2 is 1.48 bits per heavy atom. The van der Waals surface area contributed by atoms with E-state index in [2.05, 4.69) is 19.2 Å². The minimum Gasteiger partial charge on any atom is -0.368 e. The van der Waals surface area contributed by atoms with Crippen LogP contribution < -0.4 is 11.1 Å². The highest BCUT2D eigenvalue weighted by Crippen LogP contribution is 2.34. The number of hydrogen-bond donors (Lipinski definition) is 2. The first-order chi connectivity index (χ1) is 20.2. The van der Waals surface area contributed by atoms with Crippen molar-refractivity contribution in [2.45, 2.75) is 149 Å². The standard InChI is InChI=1S/C34H61N3O4S/c1-4-17-27-18-13-9-7-6-8-11-15-20-34(3,21-16-12-10-14-19-27)30(38)25-42-26-31(39)36-23-28-22-32(40)37(24-28)29(5-2)33(35)41/h27-29H,4-26H2,1-3H3,(H2,35,41)(H,36,39).